The fourth-order valence-electron chi connectivity index (χ4n) is 0.936. The highest BCUT2D eigenvalue weighted by molar-refractivity contribution is 7.08. The number of aromatic nitrogens is 1. The van der Waals surface area contributed by atoms with Crippen molar-refractivity contribution in [1.29, 1.82) is 0 Å². The average molecular weight is 198 g/mol. The summed E-state index contributed by atoms with van der Waals surface area (Å²) in [6, 6.07) is 1.81. The Labute approximate surface area is 82.3 Å². The van der Waals surface area contributed by atoms with E-state index in [4.69, 9.17) is 0 Å². The molecule has 0 radical (unpaired) electrons. The van der Waals surface area contributed by atoms with Gasteiger partial charge in [0, 0.05) is 6.54 Å². The van der Waals surface area contributed by atoms with Crippen LogP contribution in [0.3, 0.4) is 0 Å². The van der Waals surface area contributed by atoms with E-state index in [1.165, 1.54) is 11.5 Å². The third-order valence-corrected chi connectivity index (χ3v) is 2.55. The molecule has 0 aliphatic rings. The SMILES string of the molecule is CCCCNC(=O)c1cc(C)ns1. The number of hydrogen-bond acceptors (Lipinski definition) is 3. The quantitative estimate of drug-likeness (QED) is 0.752. The Kier molecular flexibility index (Phi) is 3.89. The summed E-state index contributed by atoms with van der Waals surface area (Å²) < 4.78 is 4.05. The zero-order chi connectivity index (χ0) is 9.68. The van der Waals surface area contributed by atoms with Crippen LogP contribution in [-0.2, 0) is 0 Å². The second-order valence-corrected chi connectivity index (χ2v) is 3.75. The van der Waals surface area contributed by atoms with Gasteiger partial charge in [0.05, 0.1) is 5.69 Å². The molecule has 1 aromatic rings. The lowest BCUT2D eigenvalue weighted by molar-refractivity contribution is 0.0957. The molecular formula is C9H14N2OS. The predicted molar refractivity (Wildman–Crippen MR) is 54.1 cm³/mol. The molecule has 0 aromatic carbocycles. The van der Waals surface area contributed by atoms with Crippen molar-refractivity contribution in [2.75, 3.05) is 6.54 Å². The summed E-state index contributed by atoms with van der Waals surface area (Å²) in [7, 11) is 0. The molecule has 0 saturated carbocycles. The van der Waals surface area contributed by atoms with Gasteiger partial charge in [-0.3, -0.25) is 4.79 Å². The molecular weight excluding hydrogens is 184 g/mol. The minimum absolute atomic E-state index is 0.000880. The van der Waals surface area contributed by atoms with Gasteiger partial charge in [-0.25, -0.2) is 0 Å². The van der Waals surface area contributed by atoms with Gasteiger partial charge in [0.1, 0.15) is 4.88 Å². The van der Waals surface area contributed by atoms with E-state index in [2.05, 4.69) is 16.6 Å². The van der Waals surface area contributed by atoms with Gasteiger partial charge in [-0.1, -0.05) is 13.3 Å². The van der Waals surface area contributed by atoms with Gasteiger partial charge in [0.2, 0.25) is 0 Å². The fraction of sp³-hybridized carbons (Fsp3) is 0.556. The van der Waals surface area contributed by atoms with Crippen LogP contribution in [0.25, 0.3) is 0 Å². The number of amides is 1. The van der Waals surface area contributed by atoms with Crippen LogP contribution in [0.4, 0.5) is 0 Å². The third-order valence-electron chi connectivity index (χ3n) is 1.67. The number of carbonyl (C=O) groups is 1. The lowest BCUT2D eigenvalue weighted by Gasteiger charge is -1.99. The number of hydrogen-bond donors (Lipinski definition) is 1. The molecule has 4 heteroatoms. The monoisotopic (exact) mass is 198 g/mol. The molecule has 3 nitrogen and oxygen atoms in total. The molecule has 1 N–H and O–H groups in total. The lowest BCUT2D eigenvalue weighted by Crippen LogP contribution is -2.23. The minimum Gasteiger partial charge on any atom is -0.351 e. The Balaban J connectivity index is 2.40. The van der Waals surface area contributed by atoms with Crippen molar-refractivity contribution in [3.63, 3.8) is 0 Å². The number of aryl methyl sites for hydroxylation is 1. The first-order valence-electron chi connectivity index (χ1n) is 4.45. The van der Waals surface area contributed by atoms with Crippen LogP contribution in [0.2, 0.25) is 0 Å². The number of unbranched alkanes of at least 4 members (excludes halogenated alkanes) is 1. The van der Waals surface area contributed by atoms with Crippen LogP contribution < -0.4 is 5.32 Å². The van der Waals surface area contributed by atoms with Gasteiger partial charge in [0.25, 0.3) is 5.91 Å². The Bertz CT molecular complexity index is 283. The summed E-state index contributed by atoms with van der Waals surface area (Å²) in [5.41, 5.74) is 0.908. The second kappa shape index (κ2) is 4.97. The van der Waals surface area contributed by atoms with Crippen LogP contribution in [0.5, 0.6) is 0 Å². The molecule has 0 aliphatic heterocycles. The van der Waals surface area contributed by atoms with Crippen molar-refractivity contribution in [2.45, 2.75) is 26.7 Å². The summed E-state index contributed by atoms with van der Waals surface area (Å²) >= 11 is 1.25. The van der Waals surface area contributed by atoms with Crippen LogP contribution >= 0.6 is 11.5 Å². The minimum atomic E-state index is -0.000880. The Morgan fingerprint density at radius 1 is 1.69 bits per heavy atom. The Morgan fingerprint density at radius 2 is 2.46 bits per heavy atom. The molecule has 1 aromatic heterocycles. The van der Waals surface area contributed by atoms with Crippen molar-refractivity contribution in [2.24, 2.45) is 0 Å². The van der Waals surface area contributed by atoms with E-state index in [0.29, 0.717) is 4.88 Å². The van der Waals surface area contributed by atoms with Gasteiger partial charge < -0.3 is 5.32 Å². The zero-order valence-corrected chi connectivity index (χ0v) is 8.78. The van der Waals surface area contributed by atoms with Crippen molar-refractivity contribution >= 4 is 17.4 Å². The molecule has 0 fully saturated rings. The predicted octanol–water partition coefficient (Wildman–Crippen LogP) is 1.98. The summed E-state index contributed by atoms with van der Waals surface area (Å²) in [5, 5.41) is 2.84. The highest BCUT2D eigenvalue weighted by Crippen LogP contribution is 2.08. The average Bonchev–Trinajstić information content (AvgIpc) is 2.52. The molecule has 0 bridgehead atoms. The van der Waals surface area contributed by atoms with Gasteiger partial charge in [-0.05, 0) is 30.9 Å². The molecule has 0 atom stereocenters. The van der Waals surface area contributed by atoms with Crippen LogP contribution in [0.1, 0.15) is 35.1 Å². The lowest BCUT2D eigenvalue weighted by atomic mass is 10.3. The Hall–Kier alpha value is -0.900. The maximum Gasteiger partial charge on any atom is 0.262 e. The molecule has 1 rings (SSSR count). The molecule has 13 heavy (non-hydrogen) atoms. The van der Waals surface area contributed by atoms with Gasteiger partial charge >= 0.3 is 0 Å². The highest BCUT2D eigenvalue weighted by Gasteiger charge is 2.07. The first-order chi connectivity index (χ1) is 6.24. The number of rotatable bonds is 4. The molecule has 1 amide bonds. The van der Waals surface area contributed by atoms with E-state index >= 15 is 0 Å². The van der Waals surface area contributed by atoms with Crippen molar-refractivity contribution < 1.29 is 4.79 Å². The van der Waals surface area contributed by atoms with Crippen LogP contribution in [-0.4, -0.2) is 16.8 Å². The van der Waals surface area contributed by atoms with Gasteiger partial charge in [0.15, 0.2) is 0 Å². The van der Waals surface area contributed by atoms with Crippen LogP contribution in [0, 0.1) is 6.92 Å². The van der Waals surface area contributed by atoms with Crippen molar-refractivity contribution in [1.82, 2.24) is 9.69 Å². The number of carbonyl (C=O) groups excluding carboxylic acids is 1. The van der Waals surface area contributed by atoms with E-state index in [9.17, 15) is 4.79 Å². The summed E-state index contributed by atoms with van der Waals surface area (Å²) in [4.78, 5) is 12.1. The highest BCUT2D eigenvalue weighted by atomic mass is 32.1. The maximum atomic E-state index is 11.4. The maximum absolute atomic E-state index is 11.4. The van der Waals surface area contributed by atoms with E-state index in [1.54, 1.807) is 0 Å². The molecule has 0 spiro atoms. The third kappa shape index (κ3) is 3.14. The molecule has 0 saturated heterocycles. The number of nitrogens with one attached hydrogen (secondary N) is 1. The molecule has 0 aliphatic carbocycles. The Morgan fingerprint density at radius 3 is 3.00 bits per heavy atom. The molecule has 72 valence electrons. The first-order valence-corrected chi connectivity index (χ1v) is 5.23. The topological polar surface area (TPSA) is 42.0 Å². The van der Waals surface area contributed by atoms with Crippen LogP contribution in [0.15, 0.2) is 6.07 Å². The van der Waals surface area contributed by atoms with E-state index in [1.807, 2.05) is 13.0 Å². The van der Waals surface area contributed by atoms with Crippen molar-refractivity contribution in [3.05, 3.63) is 16.6 Å². The van der Waals surface area contributed by atoms with Gasteiger partial charge in [-0.2, -0.15) is 4.37 Å². The standard InChI is InChI=1S/C9H14N2OS/c1-3-4-5-10-9(12)8-6-7(2)11-13-8/h6H,3-5H2,1-2H3,(H,10,12). The first kappa shape index (κ1) is 10.2. The molecule has 1 heterocycles. The largest absolute Gasteiger partial charge is 0.351 e. The van der Waals surface area contributed by atoms with E-state index in [-0.39, 0.29) is 5.91 Å². The summed E-state index contributed by atoms with van der Waals surface area (Å²) in [6.45, 7) is 4.74. The second-order valence-electron chi connectivity index (χ2n) is 2.94. The normalized spacial score (nSPS) is 10.0. The smallest absolute Gasteiger partial charge is 0.262 e. The fourth-order valence-corrected chi connectivity index (χ4v) is 1.61. The summed E-state index contributed by atoms with van der Waals surface area (Å²) in [5.74, 6) is -0.000880. The number of nitrogens with zero attached hydrogens (tertiary/aromatic N) is 1. The van der Waals surface area contributed by atoms with Gasteiger partial charge in [-0.15, -0.1) is 0 Å². The zero-order valence-electron chi connectivity index (χ0n) is 7.96. The van der Waals surface area contributed by atoms with E-state index in [0.717, 1.165) is 25.1 Å². The van der Waals surface area contributed by atoms with Crippen molar-refractivity contribution in [3.8, 4) is 0 Å². The van der Waals surface area contributed by atoms with E-state index < -0.39 is 0 Å². The summed E-state index contributed by atoms with van der Waals surface area (Å²) in [6.07, 6.45) is 2.13. The molecule has 0 unspecified atom stereocenters.